The molecule has 1 saturated carbocycles. The Bertz CT molecular complexity index is 435. The molecule has 1 aliphatic carbocycles. The Labute approximate surface area is 119 Å². The first-order chi connectivity index (χ1) is 9.06. The Hall–Kier alpha value is -0.870. The van der Waals surface area contributed by atoms with Crippen molar-refractivity contribution in [2.75, 3.05) is 6.54 Å². The Morgan fingerprint density at radius 1 is 1.42 bits per heavy atom. The topological polar surface area (TPSA) is 41.1 Å². The lowest BCUT2D eigenvalue weighted by atomic mass is 10.1. The van der Waals surface area contributed by atoms with Crippen molar-refractivity contribution in [3.8, 4) is 0 Å². The fourth-order valence-corrected chi connectivity index (χ4v) is 3.81. The Balaban J connectivity index is 1.78. The molecule has 2 N–H and O–H groups in total. The minimum atomic E-state index is 0.128. The van der Waals surface area contributed by atoms with Gasteiger partial charge in [0.05, 0.1) is 6.54 Å². The molecule has 0 radical (unpaired) electrons. The second-order valence-electron chi connectivity index (χ2n) is 5.52. The molecule has 19 heavy (non-hydrogen) atoms. The van der Waals surface area contributed by atoms with E-state index in [0.717, 1.165) is 12.8 Å². The zero-order valence-electron chi connectivity index (χ0n) is 12.1. The molecular weight excluding hydrogens is 256 g/mol. The molecule has 1 aromatic rings. The molecule has 1 unspecified atom stereocenters. The summed E-state index contributed by atoms with van der Waals surface area (Å²) in [5.74, 6) is 0.128. The van der Waals surface area contributed by atoms with E-state index in [9.17, 15) is 4.79 Å². The van der Waals surface area contributed by atoms with E-state index < -0.39 is 0 Å². The summed E-state index contributed by atoms with van der Waals surface area (Å²) in [7, 11) is 0. The summed E-state index contributed by atoms with van der Waals surface area (Å²) in [6.07, 6.45) is 4.79. The third-order valence-corrected chi connectivity index (χ3v) is 4.82. The zero-order valence-corrected chi connectivity index (χ0v) is 12.9. The van der Waals surface area contributed by atoms with E-state index in [1.165, 1.54) is 28.2 Å². The number of rotatable bonds is 5. The van der Waals surface area contributed by atoms with Crippen LogP contribution in [0, 0.1) is 13.8 Å². The van der Waals surface area contributed by atoms with E-state index in [1.807, 2.05) is 11.3 Å². The summed E-state index contributed by atoms with van der Waals surface area (Å²) in [4.78, 5) is 14.5. The van der Waals surface area contributed by atoms with Gasteiger partial charge in [0.25, 0.3) is 0 Å². The van der Waals surface area contributed by atoms with E-state index in [4.69, 9.17) is 0 Å². The van der Waals surface area contributed by atoms with Gasteiger partial charge >= 0.3 is 0 Å². The molecular formula is C15H24N2OS. The second kappa shape index (κ2) is 6.53. The van der Waals surface area contributed by atoms with Crippen LogP contribution in [-0.2, 0) is 4.79 Å². The van der Waals surface area contributed by atoms with Gasteiger partial charge in [-0.05, 0) is 45.2 Å². The lowest BCUT2D eigenvalue weighted by molar-refractivity contribution is -0.121. The van der Waals surface area contributed by atoms with Gasteiger partial charge in [-0.25, -0.2) is 0 Å². The Kier molecular flexibility index (Phi) is 4.99. The fraction of sp³-hybridized carbons (Fsp3) is 0.667. The summed E-state index contributed by atoms with van der Waals surface area (Å²) in [5.41, 5.74) is 1.32. The summed E-state index contributed by atoms with van der Waals surface area (Å²) < 4.78 is 0. The molecule has 3 nitrogen and oxygen atoms in total. The maximum absolute atomic E-state index is 11.9. The number of carbonyl (C=O) groups is 1. The molecule has 1 aromatic heterocycles. The molecule has 1 fully saturated rings. The van der Waals surface area contributed by atoms with Crippen LogP contribution in [0.2, 0.25) is 0 Å². The standard InChI is InChI=1S/C15H24N2OS/c1-10-8-14(12(3)19-10)11(2)16-9-15(18)17-13-6-4-5-7-13/h8,11,13,16H,4-7,9H2,1-3H3,(H,17,18). The molecule has 4 heteroatoms. The molecule has 1 amide bonds. The normalized spacial score (nSPS) is 17.6. The van der Waals surface area contributed by atoms with Crippen molar-refractivity contribution < 1.29 is 4.79 Å². The average Bonchev–Trinajstić information content (AvgIpc) is 2.96. The fourth-order valence-electron chi connectivity index (χ4n) is 2.78. The number of hydrogen-bond donors (Lipinski definition) is 2. The molecule has 1 atom stereocenters. The van der Waals surface area contributed by atoms with E-state index in [0.29, 0.717) is 12.6 Å². The van der Waals surface area contributed by atoms with Gasteiger partial charge in [-0.2, -0.15) is 0 Å². The van der Waals surface area contributed by atoms with E-state index in [1.54, 1.807) is 0 Å². The van der Waals surface area contributed by atoms with Crippen LogP contribution in [0.3, 0.4) is 0 Å². The van der Waals surface area contributed by atoms with Crippen molar-refractivity contribution in [1.82, 2.24) is 10.6 Å². The van der Waals surface area contributed by atoms with Crippen molar-refractivity contribution in [3.05, 3.63) is 21.4 Å². The van der Waals surface area contributed by atoms with Gasteiger partial charge in [-0.3, -0.25) is 4.79 Å². The van der Waals surface area contributed by atoms with Crippen LogP contribution in [-0.4, -0.2) is 18.5 Å². The van der Waals surface area contributed by atoms with Crippen molar-refractivity contribution in [2.45, 2.75) is 58.5 Å². The highest BCUT2D eigenvalue weighted by molar-refractivity contribution is 7.12. The second-order valence-corrected chi connectivity index (χ2v) is 6.98. The van der Waals surface area contributed by atoms with Crippen molar-refractivity contribution in [1.29, 1.82) is 0 Å². The van der Waals surface area contributed by atoms with Gasteiger partial charge in [0.15, 0.2) is 0 Å². The predicted octanol–water partition coefficient (Wildman–Crippen LogP) is 3.07. The molecule has 1 aliphatic rings. The number of carbonyl (C=O) groups excluding carboxylic acids is 1. The third-order valence-electron chi connectivity index (χ3n) is 3.83. The monoisotopic (exact) mass is 280 g/mol. The van der Waals surface area contributed by atoms with Crippen LogP contribution in [0.15, 0.2) is 6.07 Å². The molecule has 0 saturated heterocycles. The van der Waals surface area contributed by atoms with Gasteiger partial charge in [0.1, 0.15) is 0 Å². The maximum atomic E-state index is 11.9. The number of aryl methyl sites for hydroxylation is 2. The van der Waals surface area contributed by atoms with Gasteiger partial charge in [-0.1, -0.05) is 12.8 Å². The number of thiophene rings is 1. The lowest BCUT2D eigenvalue weighted by Crippen LogP contribution is -2.39. The van der Waals surface area contributed by atoms with Gasteiger partial charge in [0.2, 0.25) is 5.91 Å². The summed E-state index contributed by atoms with van der Waals surface area (Å²) >= 11 is 1.82. The quantitative estimate of drug-likeness (QED) is 0.870. The van der Waals surface area contributed by atoms with Crippen LogP contribution in [0.25, 0.3) is 0 Å². The van der Waals surface area contributed by atoms with Crippen LogP contribution in [0.1, 0.15) is 54.0 Å². The van der Waals surface area contributed by atoms with Crippen molar-refractivity contribution >= 4 is 17.2 Å². The van der Waals surface area contributed by atoms with Crippen LogP contribution in [0.5, 0.6) is 0 Å². The van der Waals surface area contributed by atoms with Gasteiger partial charge < -0.3 is 10.6 Å². The van der Waals surface area contributed by atoms with E-state index >= 15 is 0 Å². The lowest BCUT2D eigenvalue weighted by Gasteiger charge is -2.16. The Morgan fingerprint density at radius 2 is 2.11 bits per heavy atom. The van der Waals surface area contributed by atoms with Crippen molar-refractivity contribution in [2.24, 2.45) is 0 Å². The minimum Gasteiger partial charge on any atom is -0.352 e. The SMILES string of the molecule is Cc1cc(C(C)NCC(=O)NC2CCCC2)c(C)s1. The summed E-state index contributed by atoms with van der Waals surface area (Å²) in [5, 5.41) is 6.43. The summed E-state index contributed by atoms with van der Waals surface area (Å²) in [6.45, 7) is 6.80. The Morgan fingerprint density at radius 3 is 2.68 bits per heavy atom. The minimum absolute atomic E-state index is 0.128. The first-order valence-electron chi connectivity index (χ1n) is 7.16. The molecule has 1 heterocycles. The highest BCUT2D eigenvalue weighted by Gasteiger charge is 2.17. The highest BCUT2D eigenvalue weighted by Crippen LogP contribution is 2.25. The van der Waals surface area contributed by atoms with Gasteiger partial charge in [-0.15, -0.1) is 11.3 Å². The molecule has 0 aliphatic heterocycles. The summed E-state index contributed by atoms with van der Waals surface area (Å²) in [6, 6.07) is 2.86. The predicted molar refractivity (Wildman–Crippen MR) is 80.6 cm³/mol. The van der Waals surface area contributed by atoms with Crippen LogP contribution < -0.4 is 10.6 Å². The van der Waals surface area contributed by atoms with Crippen LogP contribution >= 0.6 is 11.3 Å². The van der Waals surface area contributed by atoms with Crippen molar-refractivity contribution in [3.63, 3.8) is 0 Å². The number of amides is 1. The average molecular weight is 280 g/mol. The highest BCUT2D eigenvalue weighted by atomic mass is 32.1. The first-order valence-corrected chi connectivity index (χ1v) is 7.97. The third kappa shape index (κ3) is 4.05. The number of nitrogens with one attached hydrogen (secondary N) is 2. The largest absolute Gasteiger partial charge is 0.352 e. The molecule has 0 bridgehead atoms. The molecule has 0 spiro atoms. The smallest absolute Gasteiger partial charge is 0.234 e. The number of hydrogen-bond acceptors (Lipinski definition) is 3. The molecule has 2 rings (SSSR count). The molecule has 106 valence electrons. The maximum Gasteiger partial charge on any atom is 0.234 e. The van der Waals surface area contributed by atoms with E-state index in [2.05, 4.69) is 37.5 Å². The van der Waals surface area contributed by atoms with E-state index in [-0.39, 0.29) is 11.9 Å². The van der Waals surface area contributed by atoms with Crippen LogP contribution in [0.4, 0.5) is 0 Å². The van der Waals surface area contributed by atoms with Gasteiger partial charge in [0, 0.05) is 21.8 Å². The first kappa shape index (κ1) is 14.5. The molecule has 0 aromatic carbocycles. The zero-order chi connectivity index (χ0) is 13.8.